The largest absolute Gasteiger partial charge is 0.336 e. The first-order valence-corrected chi connectivity index (χ1v) is 13.2. The molecule has 1 saturated heterocycles. The molecular formula is C26H29N3O2S2. The highest BCUT2D eigenvalue weighted by molar-refractivity contribution is 7.98. The Kier molecular flexibility index (Phi) is 8.20. The summed E-state index contributed by atoms with van der Waals surface area (Å²) in [6.45, 7) is 5.06. The predicted octanol–water partition coefficient (Wildman–Crippen LogP) is 5.00. The summed E-state index contributed by atoms with van der Waals surface area (Å²) >= 11 is 3.40. The van der Waals surface area contributed by atoms with Crippen LogP contribution in [-0.2, 0) is 17.0 Å². The third-order valence-electron chi connectivity index (χ3n) is 5.79. The monoisotopic (exact) mass is 479 g/mol. The van der Waals surface area contributed by atoms with Gasteiger partial charge in [0, 0.05) is 42.5 Å². The fourth-order valence-electron chi connectivity index (χ4n) is 3.93. The number of piperazine rings is 1. The highest BCUT2D eigenvalue weighted by Crippen LogP contribution is 2.28. The van der Waals surface area contributed by atoms with Gasteiger partial charge in [-0.15, -0.1) is 11.8 Å². The highest BCUT2D eigenvalue weighted by Gasteiger charge is 2.25. The van der Waals surface area contributed by atoms with Crippen LogP contribution in [0.15, 0.2) is 70.3 Å². The van der Waals surface area contributed by atoms with E-state index in [0.717, 1.165) is 33.9 Å². The van der Waals surface area contributed by atoms with E-state index < -0.39 is 0 Å². The van der Waals surface area contributed by atoms with Gasteiger partial charge < -0.3 is 10.2 Å². The van der Waals surface area contributed by atoms with Crippen molar-refractivity contribution in [3.05, 3.63) is 82.0 Å². The first-order valence-electron chi connectivity index (χ1n) is 11.3. The number of nitrogens with zero attached hydrogens (tertiary/aromatic N) is 2. The van der Waals surface area contributed by atoms with Gasteiger partial charge in [-0.2, -0.15) is 11.3 Å². The van der Waals surface area contributed by atoms with Gasteiger partial charge in [-0.3, -0.25) is 14.5 Å². The fourth-order valence-corrected chi connectivity index (χ4v) is 5.69. The Morgan fingerprint density at radius 3 is 2.52 bits per heavy atom. The number of rotatable bonds is 8. The predicted molar refractivity (Wildman–Crippen MR) is 137 cm³/mol. The average molecular weight is 480 g/mol. The number of thioether (sulfide) groups is 1. The molecule has 1 aliphatic rings. The summed E-state index contributed by atoms with van der Waals surface area (Å²) in [5.74, 6) is 0.924. The van der Waals surface area contributed by atoms with Gasteiger partial charge in [-0.05, 0) is 52.6 Å². The lowest BCUT2D eigenvalue weighted by molar-refractivity contribution is -0.117. The molecule has 3 aromatic rings. The van der Waals surface area contributed by atoms with Gasteiger partial charge in [0.1, 0.15) is 0 Å². The second-order valence-corrected chi connectivity index (χ2v) is 9.84. The standard InChI is InChI=1S/C26H29N3O2S2/c1-2-21-7-3-5-9-23(21)27-25(30)17-28-12-14-29(15-13-28)26(31)22-8-4-6-10-24(22)33-19-20-11-16-32-18-20/h3-11,16,18H,2,12-15,17,19H2,1H3,(H,27,30). The molecule has 1 fully saturated rings. The van der Waals surface area contributed by atoms with Crippen molar-refractivity contribution in [2.45, 2.75) is 24.0 Å². The van der Waals surface area contributed by atoms with E-state index in [1.165, 1.54) is 5.56 Å². The second kappa shape index (κ2) is 11.5. The van der Waals surface area contributed by atoms with Crippen LogP contribution >= 0.6 is 23.1 Å². The SMILES string of the molecule is CCc1ccccc1NC(=O)CN1CCN(C(=O)c2ccccc2SCc2ccsc2)CC1. The van der Waals surface area contributed by atoms with Gasteiger partial charge in [-0.25, -0.2) is 0 Å². The third kappa shape index (κ3) is 6.25. The number of hydrogen-bond donors (Lipinski definition) is 1. The van der Waals surface area contributed by atoms with Crippen molar-refractivity contribution in [3.8, 4) is 0 Å². The Balaban J connectivity index is 1.30. The number of carbonyl (C=O) groups is 2. The zero-order valence-electron chi connectivity index (χ0n) is 18.8. The number of amides is 2. The van der Waals surface area contributed by atoms with Gasteiger partial charge in [0.15, 0.2) is 0 Å². The Bertz CT molecular complexity index is 1080. The molecule has 2 heterocycles. The van der Waals surface area contributed by atoms with E-state index in [1.54, 1.807) is 23.1 Å². The van der Waals surface area contributed by atoms with E-state index >= 15 is 0 Å². The van der Waals surface area contributed by atoms with Crippen molar-refractivity contribution < 1.29 is 9.59 Å². The van der Waals surface area contributed by atoms with Crippen molar-refractivity contribution in [2.24, 2.45) is 0 Å². The average Bonchev–Trinajstić information content (AvgIpc) is 3.37. The molecule has 0 aliphatic carbocycles. The number of hydrogen-bond acceptors (Lipinski definition) is 5. The summed E-state index contributed by atoms with van der Waals surface area (Å²) < 4.78 is 0. The second-order valence-electron chi connectivity index (χ2n) is 8.04. The molecule has 0 bridgehead atoms. The number of benzene rings is 2. The summed E-state index contributed by atoms with van der Waals surface area (Å²) in [6, 6.07) is 17.9. The van der Waals surface area contributed by atoms with Crippen LogP contribution in [0.2, 0.25) is 0 Å². The summed E-state index contributed by atoms with van der Waals surface area (Å²) in [6.07, 6.45) is 0.879. The van der Waals surface area contributed by atoms with E-state index in [9.17, 15) is 9.59 Å². The van der Waals surface area contributed by atoms with E-state index in [4.69, 9.17) is 0 Å². The maximum atomic E-state index is 13.2. The van der Waals surface area contributed by atoms with Crippen molar-refractivity contribution >= 4 is 40.6 Å². The van der Waals surface area contributed by atoms with Crippen LogP contribution in [0.5, 0.6) is 0 Å². The molecule has 1 aliphatic heterocycles. The molecule has 0 spiro atoms. The maximum Gasteiger partial charge on any atom is 0.255 e. The minimum Gasteiger partial charge on any atom is -0.336 e. The van der Waals surface area contributed by atoms with Crippen molar-refractivity contribution in [1.82, 2.24) is 9.80 Å². The molecular weight excluding hydrogens is 450 g/mol. The van der Waals surface area contributed by atoms with Gasteiger partial charge in [0.25, 0.3) is 5.91 Å². The number of para-hydroxylation sites is 1. The van der Waals surface area contributed by atoms with Crippen molar-refractivity contribution in [1.29, 1.82) is 0 Å². The molecule has 4 rings (SSSR count). The molecule has 33 heavy (non-hydrogen) atoms. The molecule has 1 N–H and O–H groups in total. The van der Waals surface area contributed by atoms with Crippen LogP contribution in [-0.4, -0.2) is 54.3 Å². The van der Waals surface area contributed by atoms with E-state index in [1.807, 2.05) is 53.4 Å². The maximum absolute atomic E-state index is 13.2. The molecule has 172 valence electrons. The number of carbonyl (C=O) groups excluding carboxylic acids is 2. The zero-order valence-corrected chi connectivity index (χ0v) is 20.5. The summed E-state index contributed by atoms with van der Waals surface area (Å²) in [4.78, 5) is 30.8. The number of thiophene rings is 1. The molecule has 0 atom stereocenters. The minimum absolute atomic E-state index is 0.00847. The van der Waals surface area contributed by atoms with E-state index in [0.29, 0.717) is 32.7 Å². The first-order chi connectivity index (χ1) is 16.1. The third-order valence-corrected chi connectivity index (χ3v) is 7.67. The van der Waals surface area contributed by atoms with Crippen molar-refractivity contribution in [2.75, 3.05) is 38.0 Å². The number of nitrogens with one attached hydrogen (secondary N) is 1. The summed E-state index contributed by atoms with van der Waals surface area (Å²) in [5.41, 5.74) is 4.06. The molecule has 0 saturated carbocycles. The molecule has 2 aromatic carbocycles. The van der Waals surface area contributed by atoms with E-state index in [-0.39, 0.29) is 11.8 Å². The van der Waals surface area contributed by atoms with Crippen LogP contribution in [0.25, 0.3) is 0 Å². The van der Waals surface area contributed by atoms with Crippen LogP contribution in [0.1, 0.15) is 28.4 Å². The zero-order chi connectivity index (χ0) is 23.0. The lowest BCUT2D eigenvalue weighted by atomic mass is 10.1. The Morgan fingerprint density at radius 2 is 1.76 bits per heavy atom. The molecule has 2 amide bonds. The van der Waals surface area contributed by atoms with Crippen LogP contribution < -0.4 is 5.32 Å². The lowest BCUT2D eigenvalue weighted by Crippen LogP contribution is -2.50. The summed E-state index contributed by atoms with van der Waals surface area (Å²) in [5, 5.41) is 7.26. The van der Waals surface area contributed by atoms with E-state index in [2.05, 4.69) is 34.0 Å². The van der Waals surface area contributed by atoms with Gasteiger partial charge in [0.2, 0.25) is 5.91 Å². The van der Waals surface area contributed by atoms with Crippen molar-refractivity contribution in [3.63, 3.8) is 0 Å². The van der Waals surface area contributed by atoms with Gasteiger partial charge in [-0.1, -0.05) is 37.3 Å². The normalized spacial score (nSPS) is 14.3. The quantitative estimate of drug-likeness (QED) is 0.462. The molecule has 0 unspecified atom stereocenters. The fraction of sp³-hybridized carbons (Fsp3) is 0.308. The number of anilines is 1. The molecule has 7 heteroatoms. The highest BCUT2D eigenvalue weighted by atomic mass is 32.2. The van der Waals surface area contributed by atoms with Gasteiger partial charge >= 0.3 is 0 Å². The smallest absolute Gasteiger partial charge is 0.255 e. The molecule has 5 nitrogen and oxygen atoms in total. The topological polar surface area (TPSA) is 52.7 Å². The summed E-state index contributed by atoms with van der Waals surface area (Å²) in [7, 11) is 0. The van der Waals surface area contributed by atoms with Gasteiger partial charge in [0.05, 0.1) is 12.1 Å². The first kappa shape index (κ1) is 23.5. The Hall–Kier alpha value is -2.61. The van der Waals surface area contributed by atoms with Crippen LogP contribution in [0.3, 0.4) is 0 Å². The van der Waals surface area contributed by atoms with Crippen LogP contribution in [0, 0.1) is 0 Å². The van der Waals surface area contributed by atoms with Crippen LogP contribution in [0.4, 0.5) is 5.69 Å². The Labute approximate surface area is 203 Å². The molecule has 1 aromatic heterocycles. The molecule has 0 radical (unpaired) electrons. The Morgan fingerprint density at radius 1 is 1.00 bits per heavy atom. The minimum atomic E-state index is -0.00847. The number of aryl methyl sites for hydroxylation is 1. The lowest BCUT2D eigenvalue weighted by Gasteiger charge is -2.34.